The van der Waals surface area contributed by atoms with Gasteiger partial charge in [-0.05, 0) is 45.4 Å². The molecule has 1 heterocycles. The fourth-order valence-electron chi connectivity index (χ4n) is 2.80. The largest absolute Gasteiger partial charge is 0.357 e. The summed E-state index contributed by atoms with van der Waals surface area (Å²) in [5.41, 5.74) is 4.81. The van der Waals surface area contributed by atoms with Crippen LogP contribution in [0.25, 0.3) is 0 Å². The van der Waals surface area contributed by atoms with Gasteiger partial charge in [-0.15, -0.1) is 24.0 Å². The van der Waals surface area contributed by atoms with Crippen molar-refractivity contribution >= 4 is 53.1 Å². The minimum absolute atomic E-state index is 0. The van der Waals surface area contributed by atoms with Crippen molar-refractivity contribution in [3.05, 3.63) is 45.7 Å². The van der Waals surface area contributed by atoms with E-state index >= 15 is 0 Å². The Morgan fingerprint density at radius 1 is 1.24 bits per heavy atom. The number of rotatable bonds is 7. The first-order chi connectivity index (χ1) is 13.3. The van der Waals surface area contributed by atoms with Crippen LogP contribution in [0.2, 0.25) is 5.02 Å². The second-order valence-electron chi connectivity index (χ2n) is 6.61. The summed E-state index contributed by atoms with van der Waals surface area (Å²) >= 11 is 6.09. The first-order valence-electron chi connectivity index (χ1n) is 9.39. The standard InChI is InChI=1S/C20H29ClN6O.HI/c1-6-22-20(24-12-16-14(3)26-27(5)15(16)4)23-11-10-19(28)25-18-9-7-8-17(21)13(18)2;/h7-9H,6,10-12H2,1-5H3,(H,25,28)(H2,22,23,24);1H. The van der Waals surface area contributed by atoms with Crippen LogP contribution in [0.15, 0.2) is 23.2 Å². The number of carbonyl (C=O) groups is 1. The predicted octanol–water partition coefficient (Wildman–Crippen LogP) is 3.70. The SMILES string of the molecule is CCNC(=NCc1c(C)nn(C)c1C)NCCC(=O)Nc1cccc(Cl)c1C.I. The molecule has 0 aliphatic heterocycles. The van der Waals surface area contributed by atoms with Crippen molar-refractivity contribution in [2.45, 2.75) is 40.7 Å². The molecule has 0 unspecified atom stereocenters. The van der Waals surface area contributed by atoms with Crippen LogP contribution < -0.4 is 16.0 Å². The number of aliphatic imine (C=N–C) groups is 1. The molecule has 29 heavy (non-hydrogen) atoms. The Morgan fingerprint density at radius 2 is 1.97 bits per heavy atom. The number of anilines is 1. The van der Waals surface area contributed by atoms with Gasteiger partial charge in [0.2, 0.25) is 5.91 Å². The smallest absolute Gasteiger partial charge is 0.226 e. The Morgan fingerprint density at radius 3 is 2.59 bits per heavy atom. The lowest BCUT2D eigenvalue weighted by Crippen LogP contribution is -2.38. The molecule has 0 saturated heterocycles. The molecule has 0 atom stereocenters. The van der Waals surface area contributed by atoms with Crippen molar-refractivity contribution in [1.82, 2.24) is 20.4 Å². The van der Waals surface area contributed by atoms with E-state index < -0.39 is 0 Å². The first-order valence-corrected chi connectivity index (χ1v) is 9.77. The summed E-state index contributed by atoms with van der Waals surface area (Å²) in [5.74, 6) is 0.601. The number of hydrogen-bond donors (Lipinski definition) is 3. The van der Waals surface area contributed by atoms with E-state index in [1.54, 1.807) is 6.07 Å². The highest BCUT2D eigenvalue weighted by Crippen LogP contribution is 2.22. The fraction of sp³-hybridized carbons (Fsp3) is 0.450. The van der Waals surface area contributed by atoms with Gasteiger partial charge in [0.25, 0.3) is 0 Å². The van der Waals surface area contributed by atoms with E-state index in [1.807, 2.05) is 51.6 Å². The summed E-state index contributed by atoms with van der Waals surface area (Å²) in [6, 6.07) is 5.47. The van der Waals surface area contributed by atoms with E-state index in [4.69, 9.17) is 11.6 Å². The molecule has 9 heteroatoms. The number of halogens is 2. The van der Waals surface area contributed by atoms with Gasteiger partial charge in [-0.25, -0.2) is 4.99 Å². The monoisotopic (exact) mass is 532 g/mol. The quantitative estimate of drug-likeness (QED) is 0.288. The van der Waals surface area contributed by atoms with Gasteiger partial charge in [-0.2, -0.15) is 5.10 Å². The normalized spacial score (nSPS) is 11.0. The number of hydrogen-bond acceptors (Lipinski definition) is 3. The second-order valence-corrected chi connectivity index (χ2v) is 7.01. The highest BCUT2D eigenvalue weighted by Gasteiger charge is 2.10. The molecule has 0 aliphatic carbocycles. The second kappa shape index (κ2) is 12.0. The summed E-state index contributed by atoms with van der Waals surface area (Å²) in [5, 5.41) is 14.4. The molecule has 0 radical (unpaired) electrons. The van der Waals surface area contributed by atoms with Gasteiger partial charge in [0.15, 0.2) is 5.96 Å². The van der Waals surface area contributed by atoms with Crippen LogP contribution in [0.1, 0.15) is 35.9 Å². The zero-order valence-electron chi connectivity index (χ0n) is 17.6. The lowest BCUT2D eigenvalue weighted by Gasteiger charge is -2.12. The third-order valence-corrected chi connectivity index (χ3v) is 4.99. The van der Waals surface area contributed by atoms with E-state index in [-0.39, 0.29) is 29.9 Å². The van der Waals surface area contributed by atoms with Crippen molar-refractivity contribution < 1.29 is 4.79 Å². The summed E-state index contributed by atoms with van der Waals surface area (Å²) in [6.45, 7) is 9.66. The molecule has 0 bridgehead atoms. The molecule has 0 aliphatic rings. The van der Waals surface area contributed by atoms with Gasteiger partial charge in [0.1, 0.15) is 0 Å². The number of benzene rings is 1. The molecule has 2 aromatic rings. The minimum atomic E-state index is -0.0762. The van der Waals surface area contributed by atoms with Crippen LogP contribution in [0, 0.1) is 20.8 Å². The third-order valence-electron chi connectivity index (χ3n) is 4.58. The zero-order chi connectivity index (χ0) is 20.7. The highest BCUT2D eigenvalue weighted by atomic mass is 127. The molecule has 0 fully saturated rings. The van der Waals surface area contributed by atoms with E-state index in [2.05, 4.69) is 26.0 Å². The number of amides is 1. The van der Waals surface area contributed by atoms with Crippen molar-refractivity contribution in [2.24, 2.45) is 12.0 Å². The summed E-state index contributed by atoms with van der Waals surface area (Å²) in [7, 11) is 1.93. The van der Waals surface area contributed by atoms with Gasteiger partial charge < -0.3 is 16.0 Å². The summed E-state index contributed by atoms with van der Waals surface area (Å²) in [4.78, 5) is 16.8. The molecule has 160 valence electrons. The summed E-state index contributed by atoms with van der Waals surface area (Å²) in [6.07, 6.45) is 0.321. The van der Waals surface area contributed by atoms with E-state index in [1.165, 1.54) is 0 Å². The van der Waals surface area contributed by atoms with Crippen LogP contribution in [0.4, 0.5) is 5.69 Å². The predicted molar refractivity (Wildman–Crippen MR) is 130 cm³/mol. The Hall–Kier alpha value is -1.81. The van der Waals surface area contributed by atoms with Crippen LogP contribution in [-0.4, -0.2) is 34.7 Å². The van der Waals surface area contributed by atoms with Crippen molar-refractivity contribution in [1.29, 1.82) is 0 Å². The first kappa shape index (κ1) is 25.2. The molecule has 1 aromatic carbocycles. The molecule has 0 spiro atoms. The van der Waals surface area contributed by atoms with E-state index in [0.29, 0.717) is 30.5 Å². The van der Waals surface area contributed by atoms with Gasteiger partial charge in [-0.1, -0.05) is 17.7 Å². The van der Waals surface area contributed by atoms with Crippen LogP contribution in [0.3, 0.4) is 0 Å². The molecule has 1 aromatic heterocycles. The minimum Gasteiger partial charge on any atom is -0.357 e. The average Bonchev–Trinajstić information content (AvgIpc) is 2.89. The van der Waals surface area contributed by atoms with Crippen LogP contribution >= 0.6 is 35.6 Å². The topological polar surface area (TPSA) is 83.3 Å². The highest BCUT2D eigenvalue weighted by molar-refractivity contribution is 14.0. The lowest BCUT2D eigenvalue weighted by atomic mass is 10.2. The molecule has 3 N–H and O–H groups in total. The van der Waals surface area contributed by atoms with E-state index in [9.17, 15) is 4.79 Å². The third kappa shape index (κ3) is 7.18. The molecule has 7 nitrogen and oxygen atoms in total. The van der Waals surface area contributed by atoms with Gasteiger partial charge in [0, 0.05) is 48.5 Å². The summed E-state index contributed by atoms with van der Waals surface area (Å²) < 4.78 is 1.86. The Kier molecular flexibility index (Phi) is 10.5. The number of guanidine groups is 1. The maximum atomic E-state index is 12.2. The molecule has 0 saturated carbocycles. The molecule has 2 rings (SSSR count). The number of nitrogens with zero attached hydrogens (tertiary/aromatic N) is 3. The van der Waals surface area contributed by atoms with Crippen molar-refractivity contribution in [3.63, 3.8) is 0 Å². The fourth-order valence-corrected chi connectivity index (χ4v) is 2.97. The van der Waals surface area contributed by atoms with Crippen molar-refractivity contribution in [3.8, 4) is 0 Å². The maximum absolute atomic E-state index is 12.2. The Balaban J connectivity index is 0.00000420. The molecular weight excluding hydrogens is 503 g/mol. The van der Waals surface area contributed by atoms with Gasteiger partial charge in [0.05, 0.1) is 12.2 Å². The number of aromatic nitrogens is 2. The Bertz CT molecular complexity index is 865. The zero-order valence-corrected chi connectivity index (χ0v) is 20.7. The molecule has 1 amide bonds. The van der Waals surface area contributed by atoms with Crippen LogP contribution in [-0.2, 0) is 18.4 Å². The van der Waals surface area contributed by atoms with Gasteiger partial charge >= 0.3 is 0 Å². The average molecular weight is 533 g/mol. The maximum Gasteiger partial charge on any atom is 0.226 e. The number of nitrogens with one attached hydrogen (secondary N) is 3. The van der Waals surface area contributed by atoms with Crippen molar-refractivity contribution in [2.75, 3.05) is 18.4 Å². The van der Waals surface area contributed by atoms with E-state index in [0.717, 1.165) is 34.7 Å². The number of carbonyl (C=O) groups excluding carboxylic acids is 1. The van der Waals surface area contributed by atoms with Crippen LogP contribution in [0.5, 0.6) is 0 Å². The van der Waals surface area contributed by atoms with Gasteiger partial charge in [-0.3, -0.25) is 9.48 Å². The lowest BCUT2D eigenvalue weighted by molar-refractivity contribution is -0.116. The number of aryl methyl sites for hydroxylation is 2. The Labute approximate surface area is 194 Å². The molecular formula is C20H30ClIN6O.